The molecule has 88 valence electrons. The van der Waals surface area contributed by atoms with E-state index in [9.17, 15) is 0 Å². The number of rotatable bonds is 2. The van der Waals surface area contributed by atoms with E-state index in [1.165, 1.54) is 11.3 Å². The number of nitrogens with two attached hydrogens (primary N) is 1. The van der Waals surface area contributed by atoms with E-state index in [1.807, 2.05) is 6.08 Å². The third-order valence-electron chi connectivity index (χ3n) is 3.66. The molecule has 0 bridgehead atoms. The van der Waals surface area contributed by atoms with E-state index in [0.29, 0.717) is 11.5 Å². The monoisotopic (exact) mass is 218 g/mol. The molecular weight excluding hydrogens is 196 g/mol. The summed E-state index contributed by atoms with van der Waals surface area (Å²) in [6.07, 6.45) is 6.32. The van der Waals surface area contributed by atoms with E-state index in [1.54, 1.807) is 0 Å². The highest BCUT2D eigenvalue weighted by atomic mass is 15.0. The Morgan fingerprint density at radius 1 is 1.62 bits per heavy atom. The lowest BCUT2D eigenvalue weighted by molar-refractivity contribution is 0.274. The highest BCUT2D eigenvalue weighted by Gasteiger charge is 2.32. The third-order valence-corrected chi connectivity index (χ3v) is 3.66. The Kier molecular flexibility index (Phi) is 2.70. The van der Waals surface area contributed by atoms with E-state index in [-0.39, 0.29) is 6.04 Å². The summed E-state index contributed by atoms with van der Waals surface area (Å²) < 4.78 is 2.31. The number of aromatic nitrogens is 1. The molecule has 0 amide bonds. The summed E-state index contributed by atoms with van der Waals surface area (Å²) in [4.78, 5) is 0. The van der Waals surface area contributed by atoms with Gasteiger partial charge in [0.1, 0.15) is 0 Å². The van der Waals surface area contributed by atoms with Crippen LogP contribution in [-0.4, -0.2) is 4.57 Å². The van der Waals surface area contributed by atoms with Crippen molar-refractivity contribution >= 4 is 0 Å². The van der Waals surface area contributed by atoms with Gasteiger partial charge in [-0.05, 0) is 36.8 Å². The van der Waals surface area contributed by atoms with Gasteiger partial charge in [-0.3, -0.25) is 0 Å². The minimum atomic E-state index is 0.192. The zero-order valence-electron chi connectivity index (χ0n) is 10.5. The van der Waals surface area contributed by atoms with Gasteiger partial charge in [-0.15, -0.1) is 6.58 Å². The first-order chi connectivity index (χ1) is 7.44. The van der Waals surface area contributed by atoms with Crippen molar-refractivity contribution in [3.05, 3.63) is 36.2 Å². The molecule has 1 aromatic heterocycles. The average molecular weight is 218 g/mol. The van der Waals surface area contributed by atoms with Crippen LogP contribution in [0.4, 0.5) is 0 Å². The molecule has 1 heterocycles. The van der Waals surface area contributed by atoms with E-state index in [2.05, 4.69) is 44.2 Å². The summed E-state index contributed by atoms with van der Waals surface area (Å²) in [7, 11) is 0. The number of fused-ring (bicyclic) bond motifs is 1. The Hall–Kier alpha value is -1.02. The molecule has 0 saturated heterocycles. The van der Waals surface area contributed by atoms with Crippen molar-refractivity contribution < 1.29 is 0 Å². The normalized spacial score (nSPS) is 24.9. The van der Waals surface area contributed by atoms with Crippen LogP contribution in [-0.2, 0) is 6.42 Å². The van der Waals surface area contributed by atoms with Gasteiger partial charge >= 0.3 is 0 Å². The Morgan fingerprint density at radius 2 is 2.31 bits per heavy atom. The quantitative estimate of drug-likeness (QED) is 0.759. The lowest BCUT2D eigenvalue weighted by Crippen LogP contribution is -2.30. The molecule has 2 N–H and O–H groups in total. The van der Waals surface area contributed by atoms with Crippen molar-refractivity contribution in [2.75, 3.05) is 0 Å². The van der Waals surface area contributed by atoms with Crippen LogP contribution < -0.4 is 5.73 Å². The molecular formula is C14H22N2. The Bertz CT molecular complexity index is 401. The standard InChI is InChI=1S/C14H22N2/c1-5-10(2)16-7-6-11-12(15)8-14(3,4)9-13(11)16/h5-7,10,12H,1,8-9,15H2,2-4H3. The van der Waals surface area contributed by atoms with E-state index < -0.39 is 0 Å². The second-order valence-electron chi connectivity index (χ2n) is 5.75. The maximum Gasteiger partial charge on any atom is 0.0482 e. The van der Waals surface area contributed by atoms with Crippen molar-refractivity contribution in [3.63, 3.8) is 0 Å². The Balaban J connectivity index is 2.44. The maximum absolute atomic E-state index is 6.24. The minimum Gasteiger partial charge on any atom is -0.345 e. The molecule has 2 heteroatoms. The van der Waals surface area contributed by atoms with Crippen LogP contribution in [0.15, 0.2) is 24.9 Å². The van der Waals surface area contributed by atoms with Gasteiger partial charge in [0.2, 0.25) is 0 Å². The predicted octanol–water partition coefficient (Wildman–Crippen LogP) is 3.21. The first kappa shape index (κ1) is 11.5. The van der Waals surface area contributed by atoms with Gasteiger partial charge in [0.25, 0.3) is 0 Å². The second-order valence-corrected chi connectivity index (χ2v) is 5.75. The van der Waals surface area contributed by atoms with Crippen LogP contribution in [0, 0.1) is 5.41 Å². The molecule has 2 rings (SSSR count). The van der Waals surface area contributed by atoms with Gasteiger partial charge in [-0.2, -0.15) is 0 Å². The first-order valence-electron chi connectivity index (χ1n) is 6.02. The number of nitrogens with zero attached hydrogens (tertiary/aromatic N) is 1. The number of hydrogen-bond donors (Lipinski definition) is 1. The summed E-state index contributed by atoms with van der Waals surface area (Å²) in [5, 5.41) is 0. The van der Waals surface area contributed by atoms with Crippen LogP contribution in [0.25, 0.3) is 0 Å². The van der Waals surface area contributed by atoms with Crippen molar-refractivity contribution in [2.45, 2.75) is 45.7 Å². The lowest BCUT2D eigenvalue weighted by Gasteiger charge is -2.35. The fraction of sp³-hybridized carbons (Fsp3) is 0.571. The highest BCUT2D eigenvalue weighted by molar-refractivity contribution is 5.31. The van der Waals surface area contributed by atoms with Gasteiger partial charge in [0.05, 0.1) is 0 Å². The van der Waals surface area contributed by atoms with E-state index >= 15 is 0 Å². The predicted molar refractivity (Wildman–Crippen MR) is 68.4 cm³/mol. The molecule has 1 aromatic rings. The lowest BCUT2D eigenvalue weighted by atomic mass is 9.74. The molecule has 0 aliphatic heterocycles. The summed E-state index contributed by atoms with van der Waals surface area (Å²) >= 11 is 0. The molecule has 16 heavy (non-hydrogen) atoms. The van der Waals surface area contributed by atoms with Gasteiger partial charge in [-0.1, -0.05) is 19.9 Å². The van der Waals surface area contributed by atoms with Crippen LogP contribution in [0.3, 0.4) is 0 Å². The zero-order valence-corrected chi connectivity index (χ0v) is 10.5. The molecule has 0 radical (unpaired) electrons. The average Bonchev–Trinajstić information content (AvgIpc) is 2.58. The Morgan fingerprint density at radius 3 is 2.94 bits per heavy atom. The van der Waals surface area contributed by atoms with Crippen molar-refractivity contribution in [3.8, 4) is 0 Å². The summed E-state index contributed by atoms with van der Waals surface area (Å²) in [6, 6.07) is 2.72. The maximum atomic E-state index is 6.24. The molecule has 0 spiro atoms. The molecule has 0 fully saturated rings. The topological polar surface area (TPSA) is 30.9 Å². The summed E-state index contributed by atoms with van der Waals surface area (Å²) in [5.74, 6) is 0. The SMILES string of the molecule is C=CC(C)n1ccc2c1CC(C)(C)CC2N. The van der Waals surface area contributed by atoms with Crippen LogP contribution in [0.1, 0.15) is 50.5 Å². The molecule has 1 aliphatic rings. The van der Waals surface area contributed by atoms with Crippen LogP contribution in [0.5, 0.6) is 0 Å². The van der Waals surface area contributed by atoms with Crippen LogP contribution in [0.2, 0.25) is 0 Å². The van der Waals surface area contributed by atoms with Crippen molar-refractivity contribution in [1.82, 2.24) is 4.57 Å². The van der Waals surface area contributed by atoms with Crippen LogP contribution >= 0.6 is 0 Å². The third kappa shape index (κ3) is 1.82. The molecule has 0 saturated carbocycles. The fourth-order valence-electron chi connectivity index (χ4n) is 2.75. The van der Waals surface area contributed by atoms with Crippen molar-refractivity contribution in [2.24, 2.45) is 11.1 Å². The smallest absolute Gasteiger partial charge is 0.0482 e. The highest BCUT2D eigenvalue weighted by Crippen LogP contribution is 2.40. The minimum absolute atomic E-state index is 0.192. The number of hydrogen-bond acceptors (Lipinski definition) is 1. The first-order valence-corrected chi connectivity index (χ1v) is 6.02. The molecule has 0 aromatic carbocycles. The van der Waals surface area contributed by atoms with E-state index in [0.717, 1.165) is 12.8 Å². The van der Waals surface area contributed by atoms with Crippen molar-refractivity contribution in [1.29, 1.82) is 0 Å². The Labute approximate surface area is 98.1 Å². The van der Waals surface area contributed by atoms with Gasteiger partial charge in [0, 0.05) is 24.0 Å². The fourth-order valence-corrected chi connectivity index (χ4v) is 2.75. The second kappa shape index (κ2) is 3.77. The largest absolute Gasteiger partial charge is 0.345 e. The molecule has 2 nitrogen and oxygen atoms in total. The van der Waals surface area contributed by atoms with E-state index in [4.69, 9.17) is 5.73 Å². The number of allylic oxidation sites excluding steroid dienone is 1. The van der Waals surface area contributed by atoms with Gasteiger partial charge in [-0.25, -0.2) is 0 Å². The molecule has 2 atom stereocenters. The molecule has 1 aliphatic carbocycles. The van der Waals surface area contributed by atoms with Gasteiger partial charge in [0.15, 0.2) is 0 Å². The molecule has 2 unspecified atom stereocenters. The summed E-state index contributed by atoms with van der Waals surface area (Å²) in [6.45, 7) is 10.6. The zero-order chi connectivity index (χ0) is 11.9. The van der Waals surface area contributed by atoms with Gasteiger partial charge < -0.3 is 10.3 Å². The summed E-state index contributed by atoms with van der Waals surface area (Å²) in [5.41, 5.74) is 9.27.